The van der Waals surface area contributed by atoms with Crippen molar-refractivity contribution in [2.24, 2.45) is 0 Å². The molecular weight excluding hydrogens is 597 g/mol. The van der Waals surface area contributed by atoms with E-state index in [1.165, 1.54) is 23.1 Å². The Bertz CT molecular complexity index is 1480. The molecule has 3 aromatic rings. The summed E-state index contributed by atoms with van der Waals surface area (Å²) in [6.07, 6.45) is 4.21. The van der Waals surface area contributed by atoms with E-state index >= 15 is 0 Å². The lowest BCUT2D eigenvalue weighted by molar-refractivity contribution is -0.140. The number of hydrogen-bond donors (Lipinski definition) is 1. The van der Waals surface area contributed by atoms with Gasteiger partial charge < -0.3 is 15.0 Å². The number of hydrogen-bond acceptors (Lipinski definition) is 5. The summed E-state index contributed by atoms with van der Waals surface area (Å²) in [5, 5.41) is 3.25. The van der Waals surface area contributed by atoms with Crippen LogP contribution in [-0.4, -0.2) is 50.9 Å². The van der Waals surface area contributed by atoms with Gasteiger partial charge in [0.2, 0.25) is 11.8 Å². The lowest BCUT2D eigenvalue weighted by Crippen LogP contribution is -2.53. The zero-order valence-corrected chi connectivity index (χ0v) is 26.0. The van der Waals surface area contributed by atoms with Gasteiger partial charge in [0.05, 0.1) is 27.7 Å². The number of sulfonamides is 1. The highest BCUT2D eigenvalue weighted by Crippen LogP contribution is 2.35. The van der Waals surface area contributed by atoms with Gasteiger partial charge in [0.1, 0.15) is 18.3 Å². The third-order valence-electron chi connectivity index (χ3n) is 7.41. The predicted molar refractivity (Wildman–Crippen MR) is 165 cm³/mol. The quantitative estimate of drug-likeness (QED) is 0.262. The molecule has 0 radical (unpaired) electrons. The Hall–Kier alpha value is -3.27. The van der Waals surface area contributed by atoms with E-state index < -0.39 is 28.5 Å². The van der Waals surface area contributed by atoms with E-state index in [1.807, 2.05) is 19.1 Å². The minimum atomic E-state index is -4.25. The minimum absolute atomic E-state index is 0.000745. The van der Waals surface area contributed by atoms with Crippen LogP contribution in [0.5, 0.6) is 5.75 Å². The van der Waals surface area contributed by atoms with Crippen LogP contribution < -0.4 is 14.4 Å². The van der Waals surface area contributed by atoms with Crippen LogP contribution >= 0.6 is 23.2 Å². The Morgan fingerprint density at radius 2 is 1.64 bits per heavy atom. The van der Waals surface area contributed by atoms with Crippen LogP contribution in [0.25, 0.3) is 0 Å². The summed E-state index contributed by atoms with van der Waals surface area (Å²) in [5.41, 5.74) is 0.823. The SMILES string of the molecule is CC[C@H](C(=O)NC1CCCC1)N(Cc1ccc(OC)cc1)C(=O)CN(c1cccc(Cl)c1Cl)S(=O)(=O)c1ccccc1. The molecule has 0 spiro atoms. The van der Waals surface area contributed by atoms with Gasteiger partial charge in [-0.1, -0.05) is 79.4 Å². The fourth-order valence-electron chi connectivity index (χ4n) is 5.13. The zero-order valence-electron chi connectivity index (χ0n) is 23.6. The number of methoxy groups -OCH3 is 1. The molecule has 1 N–H and O–H groups in total. The van der Waals surface area contributed by atoms with Gasteiger partial charge in [0, 0.05) is 12.6 Å². The number of anilines is 1. The number of halogens is 2. The van der Waals surface area contributed by atoms with Crippen molar-refractivity contribution in [3.05, 3.63) is 88.4 Å². The van der Waals surface area contributed by atoms with Gasteiger partial charge in [-0.25, -0.2) is 8.42 Å². The molecule has 0 aromatic heterocycles. The summed E-state index contributed by atoms with van der Waals surface area (Å²) < 4.78 is 34.1. The van der Waals surface area contributed by atoms with Crippen LogP contribution in [0.3, 0.4) is 0 Å². The molecule has 1 atom stereocenters. The molecule has 42 heavy (non-hydrogen) atoms. The molecule has 4 rings (SSSR count). The molecule has 224 valence electrons. The van der Waals surface area contributed by atoms with E-state index in [1.54, 1.807) is 49.6 Å². The number of nitrogens with one attached hydrogen (secondary N) is 1. The second kappa shape index (κ2) is 14.3. The molecule has 0 unspecified atom stereocenters. The standard InChI is InChI=1S/C31H35Cl2N3O5S/c1-3-27(31(38)34-23-10-7-8-11-23)35(20-22-16-18-24(41-2)19-17-22)29(37)21-36(28-15-9-14-26(32)30(28)33)42(39,40)25-12-5-4-6-13-25/h4-6,9,12-19,23,27H,3,7-8,10-11,20-21H2,1-2H3,(H,34,38)/t27-/m1/s1. The van der Waals surface area contributed by atoms with Crippen LogP contribution in [-0.2, 0) is 26.2 Å². The van der Waals surface area contributed by atoms with Crippen molar-refractivity contribution in [1.29, 1.82) is 0 Å². The summed E-state index contributed by atoms with van der Waals surface area (Å²) in [5.74, 6) is -0.169. The molecule has 8 nitrogen and oxygen atoms in total. The normalized spacial score (nSPS) is 14.3. The second-order valence-corrected chi connectivity index (χ2v) is 12.8. The number of ether oxygens (including phenoxy) is 1. The Morgan fingerprint density at radius 1 is 0.976 bits per heavy atom. The van der Waals surface area contributed by atoms with E-state index in [2.05, 4.69) is 5.32 Å². The van der Waals surface area contributed by atoms with Gasteiger partial charge in [0.25, 0.3) is 10.0 Å². The molecule has 1 saturated carbocycles. The summed E-state index contributed by atoms with van der Waals surface area (Å²) in [7, 11) is -2.69. The number of rotatable bonds is 12. The van der Waals surface area contributed by atoms with Gasteiger partial charge in [-0.15, -0.1) is 0 Å². The Labute approximate surface area is 257 Å². The first-order chi connectivity index (χ1) is 20.1. The molecule has 0 bridgehead atoms. The van der Waals surface area contributed by atoms with Crippen LogP contribution in [0.4, 0.5) is 5.69 Å². The highest BCUT2D eigenvalue weighted by Gasteiger charge is 2.35. The van der Waals surface area contributed by atoms with Crippen molar-refractivity contribution < 1.29 is 22.7 Å². The molecule has 1 fully saturated rings. The highest BCUT2D eigenvalue weighted by molar-refractivity contribution is 7.92. The average Bonchev–Trinajstić information content (AvgIpc) is 3.51. The van der Waals surface area contributed by atoms with Gasteiger partial charge >= 0.3 is 0 Å². The molecule has 3 aromatic carbocycles. The van der Waals surface area contributed by atoms with Gasteiger partial charge in [-0.3, -0.25) is 13.9 Å². The number of benzene rings is 3. The first-order valence-electron chi connectivity index (χ1n) is 13.9. The largest absolute Gasteiger partial charge is 0.497 e. The fourth-order valence-corrected chi connectivity index (χ4v) is 7.03. The number of carbonyl (C=O) groups is 2. The topological polar surface area (TPSA) is 96.0 Å². The van der Waals surface area contributed by atoms with Crippen molar-refractivity contribution in [3.8, 4) is 5.75 Å². The number of carbonyl (C=O) groups excluding carboxylic acids is 2. The molecule has 0 aliphatic heterocycles. The number of nitrogens with zero attached hydrogens (tertiary/aromatic N) is 2. The van der Waals surface area contributed by atoms with Crippen LogP contribution in [0.2, 0.25) is 10.0 Å². The van der Waals surface area contributed by atoms with Gasteiger partial charge in [-0.05, 0) is 61.2 Å². The maximum absolute atomic E-state index is 14.2. The van der Waals surface area contributed by atoms with Crippen molar-refractivity contribution in [2.75, 3.05) is 18.0 Å². The maximum atomic E-state index is 14.2. The van der Waals surface area contributed by atoms with Gasteiger partial charge in [0.15, 0.2) is 0 Å². The van der Waals surface area contributed by atoms with Crippen LogP contribution in [0, 0.1) is 0 Å². The van der Waals surface area contributed by atoms with Crippen molar-refractivity contribution in [3.63, 3.8) is 0 Å². The van der Waals surface area contributed by atoms with Crippen LogP contribution in [0.15, 0.2) is 77.7 Å². The smallest absolute Gasteiger partial charge is 0.264 e. The molecule has 0 heterocycles. The second-order valence-electron chi connectivity index (χ2n) is 10.2. The highest BCUT2D eigenvalue weighted by atomic mass is 35.5. The van der Waals surface area contributed by atoms with E-state index in [-0.39, 0.29) is 39.1 Å². The third-order valence-corrected chi connectivity index (χ3v) is 9.99. The Kier molecular flexibility index (Phi) is 10.8. The minimum Gasteiger partial charge on any atom is -0.497 e. The molecular formula is C31H35Cl2N3O5S. The summed E-state index contributed by atoms with van der Waals surface area (Å²) in [6.45, 7) is 1.32. The number of amides is 2. The van der Waals surface area contributed by atoms with Crippen LogP contribution in [0.1, 0.15) is 44.6 Å². The Morgan fingerprint density at radius 3 is 2.26 bits per heavy atom. The predicted octanol–water partition coefficient (Wildman–Crippen LogP) is 6.06. The lowest BCUT2D eigenvalue weighted by atomic mass is 10.1. The van der Waals surface area contributed by atoms with E-state index in [0.717, 1.165) is 35.6 Å². The summed E-state index contributed by atoms with van der Waals surface area (Å²) in [6, 6.07) is 18.8. The summed E-state index contributed by atoms with van der Waals surface area (Å²) in [4.78, 5) is 29.2. The van der Waals surface area contributed by atoms with Gasteiger partial charge in [-0.2, -0.15) is 0 Å². The Balaban J connectivity index is 1.73. The maximum Gasteiger partial charge on any atom is 0.264 e. The van der Waals surface area contributed by atoms with E-state index in [9.17, 15) is 18.0 Å². The van der Waals surface area contributed by atoms with Crippen molar-refractivity contribution in [2.45, 2.75) is 62.6 Å². The van der Waals surface area contributed by atoms with E-state index in [4.69, 9.17) is 27.9 Å². The monoisotopic (exact) mass is 631 g/mol. The first-order valence-corrected chi connectivity index (χ1v) is 16.1. The first kappa shape index (κ1) is 31.7. The van der Waals surface area contributed by atoms with Crippen molar-refractivity contribution in [1.82, 2.24) is 10.2 Å². The molecule has 0 saturated heterocycles. The molecule has 2 amide bonds. The summed E-state index contributed by atoms with van der Waals surface area (Å²) >= 11 is 12.8. The van der Waals surface area contributed by atoms with Crippen molar-refractivity contribution >= 4 is 50.7 Å². The zero-order chi connectivity index (χ0) is 30.3. The lowest BCUT2D eigenvalue weighted by Gasteiger charge is -2.34. The average molecular weight is 633 g/mol. The molecule has 1 aliphatic carbocycles. The van der Waals surface area contributed by atoms with E-state index in [0.29, 0.717) is 12.2 Å². The molecule has 11 heteroatoms. The fraction of sp³-hybridized carbons (Fsp3) is 0.355. The third kappa shape index (κ3) is 7.38. The molecule has 1 aliphatic rings.